The molecule has 1 aliphatic heterocycles. The van der Waals surface area contributed by atoms with Gasteiger partial charge in [0.25, 0.3) is 5.91 Å². The Morgan fingerprint density at radius 1 is 1.00 bits per heavy atom. The number of carbonyl (C=O) groups excluding carboxylic acids is 1. The van der Waals surface area contributed by atoms with Gasteiger partial charge in [-0.2, -0.15) is 22.7 Å². The normalized spacial score (nSPS) is 15.7. The van der Waals surface area contributed by atoms with Crippen LogP contribution in [-0.4, -0.2) is 49.7 Å². The largest absolute Gasteiger partial charge is 0.416 e. The van der Waals surface area contributed by atoms with Gasteiger partial charge in [-0.25, -0.2) is 8.42 Å². The number of alkyl halides is 3. The summed E-state index contributed by atoms with van der Waals surface area (Å²) < 4.78 is 65.1. The first-order valence-corrected chi connectivity index (χ1v) is 10.0. The summed E-state index contributed by atoms with van der Waals surface area (Å²) in [7, 11) is -4.12. The molecule has 1 heterocycles. The number of hydrogen-bond acceptors (Lipinski definition) is 4. The van der Waals surface area contributed by atoms with Gasteiger partial charge in [0.05, 0.1) is 22.1 Å². The average molecular weight is 423 g/mol. The quantitative estimate of drug-likeness (QED) is 0.760. The molecule has 0 bridgehead atoms. The van der Waals surface area contributed by atoms with Gasteiger partial charge in [0.1, 0.15) is 0 Å². The van der Waals surface area contributed by atoms with Crippen molar-refractivity contribution in [3.8, 4) is 6.07 Å². The van der Waals surface area contributed by atoms with Crippen molar-refractivity contribution < 1.29 is 26.4 Å². The summed E-state index contributed by atoms with van der Waals surface area (Å²) in [4.78, 5) is 13.6. The second kappa shape index (κ2) is 7.85. The lowest BCUT2D eigenvalue weighted by molar-refractivity contribution is -0.137. The second-order valence-electron chi connectivity index (χ2n) is 6.41. The summed E-state index contributed by atoms with van der Waals surface area (Å²) in [5.41, 5.74) is -0.385. The van der Waals surface area contributed by atoms with Gasteiger partial charge in [-0.3, -0.25) is 4.79 Å². The SMILES string of the molecule is N#Cc1cccc(C(=O)N2CCN(S(=O)(=O)c3cccc(C(F)(F)F)c3)CC2)c1. The molecule has 29 heavy (non-hydrogen) atoms. The number of sulfonamides is 1. The number of nitriles is 1. The second-order valence-corrected chi connectivity index (χ2v) is 8.35. The molecule has 0 saturated carbocycles. The van der Waals surface area contributed by atoms with E-state index in [4.69, 9.17) is 5.26 Å². The summed E-state index contributed by atoms with van der Waals surface area (Å²) in [5.74, 6) is -0.335. The van der Waals surface area contributed by atoms with Crippen LogP contribution in [0.5, 0.6) is 0 Å². The zero-order valence-corrected chi connectivity index (χ0v) is 15.9. The van der Waals surface area contributed by atoms with Gasteiger partial charge in [0.15, 0.2) is 0 Å². The smallest absolute Gasteiger partial charge is 0.336 e. The van der Waals surface area contributed by atoms with Crippen molar-refractivity contribution >= 4 is 15.9 Å². The highest BCUT2D eigenvalue weighted by atomic mass is 32.2. The van der Waals surface area contributed by atoms with Crippen LogP contribution >= 0.6 is 0 Å². The van der Waals surface area contributed by atoms with Crippen LogP contribution in [0.1, 0.15) is 21.5 Å². The lowest BCUT2D eigenvalue weighted by atomic mass is 10.1. The van der Waals surface area contributed by atoms with E-state index < -0.39 is 26.7 Å². The van der Waals surface area contributed by atoms with Gasteiger partial charge in [-0.15, -0.1) is 0 Å². The summed E-state index contributed by atoms with van der Waals surface area (Å²) >= 11 is 0. The summed E-state index contributed by atoms with van der Waals surface area (Å²) in [5, 5.41) is 8.94. The molecule has 1 fully saturated rings. The maximum Gasteiger partial charge on any atom is 0.416 e. The summed E-state index contributed by atoms with van der Waals surface area (Å²) in [6.07, 6.45) is -4.64. The molecule has 0 aliphatic carbocycles. The van der Waals surface area contributed by atoms with E-state index in [9.17, 15) is 26.4 Å². The van der Waals surface area contributed by atoms with Crippen molar-refractivity contribution in [2.24, 2.45) is 0 Å². The summed E-state index contributed by atoms with van der Waals surface area (Å²) in [6, 6.07) is 11.7. The molecule has 0 radical (unpaired) electrons. The Hall–Kier alpha value is -2.90. The fourth-order valence-corrected chi connectivity index (χ4v) is 4.49. The molecule has 10 heteroatoms. The van der Waals surface area contributed by atoms with Crippen molar-refractivity contribution in [2.45, 2.75) is 11.1 Å². The van der Waals surface area contributed by atoms with Crippen LogP contribution in [0.4, 0.5) is 13.2 Å². The number of carbonyl (C=O) groups is 1. The molecule has 1 aliphatic rings. The molecule has 152 valence electrons. The van der Waals surface area contributed by atoms with Crippen molar-refractivity contribution in [1.82, 2.24) is 9.21 Å². The third kappa shape index (κ3) is 4.41. The Labute approximate surface area is 165 Å². The lowest BCUT2D eigenvalue weighted by Crippen LogP contribution is -2.50. The third-order valence-electron chi connectivity index (χ3n) is 4.56. The Morgan fingerprint density at radius 2 is 1.66 bits per heavy atom. The van der Waals surface area contributed by atoms with Gasteiger partial charge >= 0.3 is 6.18 Å². The molecule has 0 unspecified atom stereocenters. The van der Waals surface area contributed by atoms with Crippen molar-refractivity contribution in [3.63, 3.8) is 0 Å². The number of piperazine rings is 1. The Kier molecular flexibility index (Phi) is 5.64. The first kappa shape index (κ1) is 20.8. The van der Waals surface area contributed by atoms with Crippen LogP contribution in [-0.2, 0) is 16.2 Å². The fourth-order valence-electron chi connectivity index (χ4n) is 3.02. The first-order valence-electron chi connectivity index (χ1n) is 8.60. The molecule has 6 nitrogen and oxygen atoms in total. The van der Waals surface area contributed by atoms with E-state index in [1.807, 2.05) is 6.07 Å². The van der Waals surface area contributed by atoms with Gasteiger partial charge in [0.2, 0.25) is 10.0 Å². The number of halogens is 3. The van der Waals surface area contributed by atoms with E-state index in [1.54, 1.807) is 18.2 Å². The lowest BCUT2D eigenvalue weighted by Gasteiger charge is -2.34. The van der Waals surface area contributed by atoms with Crippen molar-refractivity contribution in [3.05, 3.63) is 65.2 Å². The van der Waals surface area contributed by atoms with Crippen LogP contribution in [0.3, 0.4) is 0 Å². The maximum atomic E-state index is 12.9. The molecule has 2 aromatic carbocycles. The van der Waals surface area contributed by atoms with E-state index in [-0.39, 0.29) is 32.1 Å². The molecular formula is C19H16F3N3O3S. The van der Waals surface area contributed by atoms with Crippen molar-refractivity contribution in [1.29, 1.82) is 5.26 Å². The topological polar surface area (TPSA) is 81.5 Å². The number of benzene rings is 2. The van der Waals surface area contributed by atoms with Gasteiger partial charge in [0, 0.05) is 31.7 Å². The fraction of sp³-hybridized carbons (Fsp3) is 0.263. The van der Waals surface area contributed by atoms with E-state index in [0.717, 1.165) is 22.5 Å². The average Bonchev–Trinajstić information content (AvgIpc) is 2.73. The molecular weight excluding hydrogens is 407 g/mol. The van der Waals surface area contributed by atoms with Crippen molar-refractivity contribution in [2.75, 3.05) is 26.2 Å². The molecule has 1 amide bonds. The third-order valence-corrected chi connectivity index (χ3v) is 6.46. The van der Waals surface area contributed by atoms with E-state index in [1.165, 1.54) is 11.0 Å². The number of rotatable bonds is 3. The molecule has 0 N–H and O–H groups in total. The van der Waals surface area contributed by atoms with Crippen LogP contribution < -0.4 is 0 Å². The number of nitrogens with zero attached hydrogens (tertiary/aromatic N) is 3. The number of hydrogen-bond donors (Lipinski definition) is 0. The maximum absolute atomic E-state index is 12.9. The minimum Gasteiger partial charge on any atom is -0.336 e. The van der Waals surface area contributed by atoms with E-state index >= 15 is 0 Å². The predicted molar refractivity (Wildman–Crippen MR) is 97.3 cm³/mol. The van der Waals surface area contributed by atoms with Crippen LogP contribution in [0.25, 0.3) is 0 Å². The van der Waals surface area contributed by atoms with Gasteiger partial charge in [-0.1, -0.05) is 12.1 Å². The number of amides is 1. The van der Waals surface area contributed by atoms with Crippen LogP contribution in [0.2, 0.25) is 0 Å². The van der Waals surface area contributed by atoms with Gasteiger partial charge in [-0.05, 0) is 36.4 Å². The molecule has 2 aromatic rings. The molecule has 3 rings (SSSR count). The molecule has 0 aromatic heterocycles. The molecule has 0 atom stereocenters. The Bertz CT molecular complexity index is 1070. The molecule has 0 spiro atoms. The first-order chi connectivity index (χ1) is 13.6. The predicted octanol–water partition coefficient (Wildman–Crippen LogP) is 2.72. The zero-order valence-electron chi connectivity index (χ0n) is 15.1. The molecule has 1 saturated heterocycles. The van der Waals surface area contributed by atoms with E-state index in [0.29, 0.717) is 17.2 Å². The zero-order chi connectivity index (χ0) is 21.2. The van der Waals surface area contributed by atoms with E-state index in [2.05, 4.69) is 0 Å². The monoisotopic (exact) mass is 423 g/mol. The highest BCUT2D eigenvalue weighted by Gasteiger charge is 2.34. The van der Waals surface area contributed by atoms with Crippen LogP contribution in [0, 0.1) is 11.3 Å². The summed E-state index contributed by atoms with van der Waals surface area (Å²) in [6.45, 7) is 0.103. The minimum absolute atomic E-state index is 0.0394. The van der Waals surface area contributed by atoms with Crippen LogP contribution in [0.15, 0.2) is 53.4 Å². The Balaban J connectivity index is 1.73. The minimum atomic E-state index is -4.64. The standard InChI is InChI=1S/C19H16F3N3O3S/c20-19(21,22)16-5-2-6-17(12-16)29(27,28)25-9-7-24(8-10-25)18(26)15-4-1-3-14(11-15)13-23/h1-6,11-12H,7-10H2. The highest BCUT2D eigenvalue weighted by molar-refractivity contribution is 7.89. The van der Waals surface area contributed by atoms with Gasteiger partial charge < -0.3 is 4.90 Å². The Morgan fingerprint density at radius 3 is 2.28 bits per heavy atom. The highest BCUT2D eigenvalue weighted by Crippen LogP contribution is 2.31.